The number of carbonyl (C=O) groups is 1. The number of amides is 1. The van der Waals surface area contributed by atoms with Gasteiger partial charge in [0.25, 0.3) is 0 Å². The number of rotatable bonds is 4. The summed E-state index contributed by atoms with van der Waals surface area (Å²) in [5.41, 5.74) is 6.34. The van der Waals surface area contributed by atoms with Crippen molar-refractivity contribution < 1.29 is 4.79 Å². The van der Waals surface area contributed by atoms with Gasteiger partial charge in [-0.25, -0.2) is 0 Å². The topological polar surface area (TPSA) is 61.6 Å². The van der Waals surface area contributed by atoms with Gasteiger partial charge >= 0.3 is 0 Å². The van der Waals surface area contributed by atoms with E-state index in [4.69, 9.17) is 5.73 Å². The second-order valence-corrected chi connectivity index (χ2v) is 8.21. The zero-order valence-corrected chi connectivity index (χ0v) is 18.5. The number of nitrogens with zero attached hydrogens (tertiary/aromatic N) is 2. The summed E-state index contributed by atoms with van der Waals surface area (Å²) >= 11 is 0. The van der Waals surface area contributed by atoms with Crippen LogP contribution in [0.5, 0.6) is 0 Å². The number of hydrogen-bond donors (Lipinski definition) is 2. The van der Waals surface area contributed by atoms with Gasteiger partial charge in [-0.05, 0) is 51.5 Å². The molecular weight excluding hydrogens is 395 g/mol. The van der Waals surface area contributed by atoms with Gasteiger partial charge in [0.1, 0.15) is 0 Å². The number of piperazine rings is 1. The minimum Gasteiger partial charge on any atom is -0.352 e. The normalized spacial score (nSPS) is 33.0. The Balaban J connectivity index is 0.00000208. The van der Waals surface area contributed by atoms with E-state index in [-0.39, 0.29) is 55.1 Å². The van der Waals surface area contributed by atoms with Gasteiger partial charge < -0.3 is 16.0 Å². The summed E-state index contributed by atoms with van der Waals surface area (Å²) in [6, 6.07) is 0.580. The van der Waals surface area contributed by atoms with Crippen LogP contribution >= 0.6 is 37.2 Å². The van der Waals surface area contributed by atoms with Gasteiger partial charge in [-0.3, -0.25) is 9.69 Å². The number of halogens is 3. The quantitative estimate of drug-likeness (QED) is 0.716. The van der Waals surface area contributed by atoms with Gasteiger partial charge in [0.05, 0.1) is 0 Å². The maximum Gasteiger partial charge on any atom is 0.223 e. The highest BCUT2D eigenvalue weighted by Gasteiger charge is 2.40. The number of hydrogen-bond acceptors (Lipinski definition) is 4. The maximum absolute atomic E-state index is 12.7. The molecule has 3 atom stereocenters. The third-order valence-corrected chi connectivity index (χ3v) is 6.30. The van der Waals surface area contributed by atoms with Crippen molar-refractivity contribution >= 4 is 43.1 Å². The Hall–Kier alpha value is 0.220. The lowest BCUT2D eigenvalue weighted by Crippen LogP contribution is -2.52. The molecule has 1 saturated heterocycles. The fourth-order valence-electron chi connectivity index (χ4n) is 4.83. The monoisotopic (exact) mass is 430 g/mol. The minimum absolute atomic E-state index is 0. The molecule has 0 aromatic heterocycles. The number of nitrogens with two attached hydrogens (primary N) is 1. The van der Waals surface area contributed by atoms with Gasteiger partial charge in [0, 0.05) is 50.7 Å². The van der Waals surface area contributed by atoms with Crippen LogP contribution < -0.4 is 11.1 Å². The van der Waals surface area contributed by atoms with E-state index in [2.05, 4.69) is 29.1 Å². The van der Waals surface area contributed by atoms with Crippen LogP contribution in [0.3, 0.4) is 0 Å². The highest BCUT2D eigenvalue weighted by molar-refractivity contribution is 5.86. The van der Waals surface area contributed by atoms with E-state index in [1.165, 1.54) is 19.3 Å². The summed E-state index contributed by atoms with van der Waals surface area (Å²) in [7, 11) is 2.17. The molecule has 2 aliphatic carbocycles. The predicted molar refractivity (Wildman–Crippen MR) is 115 cm³/mol. The second-order valence-electron chi connectivity index (χ2n) is 8.21. The van der Waals surface area contributed by atoms with Crippen molar-refractivity contribution in [2.24, 2.45) is 23.5 Å². The lowest BCUT2D eigenvalue weighted by Gasteiger charge is -2.43. The fraction of sp³-hybridized carbons (Fsp3) is 0.944. The molecule has 1 heterocycles. The van der Waals surface area contributed by atoms with Crippen LogP contribution in [0.4, 0.5) is 0 Å². The van der Waals surface area contributed by atoms with Crippen LogP contribution in [0.1, 0.15) is 39.0 Å². The molecule has 1 aliphatic heterocycles. The van der Waals surface area contributed by atoms with Crippen molar-refractivity contribution in [2.75, 3.05) is 39.8 Å². The largest absolute Gasteiger partial charge is 0.352 e. The van der Waals surface area contributed by atoms with Crippen LogP contribution in [-0.2, 0) is 4.79 Å². The fourth-order valence-corrected chi connectivity index (χ4v) is 4.83. The Morgan fingerprint density at radius 2 is 1.62 bits per heavy atom. The Kier molecular flexibility index (Phi) is 12.0. The van der Waals surface area contributed by atoms with Gasteiger partial charge in [0.2, 0.25) is 5.91 Å². The molecule has 3 fully saturated rings. The first-order chi connectivity index (χ1) is 11.0. The van der Waals surface area contributed by atoms with Crippen LogP contribution in [0.15, 0.2) is 0 Å². The number of fused-ring (bicyclic) bond motifs is 2. The van der Waals surface area contributed by atoms with E-state index >= 15 is 0 Å². The SMILES string of the molecule is CC(CN1CCN(C)CC1)NC(=O)C1CC2CCCC(C1)C2N.Cl.Cl.Cl. The summed E-state index contributed by atoms with van der Waals surface area (Å²) in [6.07, 6.45) is 5.75. The molecule has 8 heteroatoms. The Morgan fingerprint density at radius 3 is 2.15 bits per heavy atom. The van der Waals surface area contributed by atoms with Gasteiger partial charge in [0.15, 0.2) is 0 Å². The van der Waals surface area contributed by atoms with E-state index in [1.54, 1.807) is 0 Å². The van der Waals surface area contributed by atoms with Crippen LogP contribution in [-0.4, -0.2) is 67.6 Å². The molecule has 1 amide bonds. The summed E-state index contributed by atoms with van der Waals surface area (Å²) in [5.74, 6) is 1.62. The summed E-state index contributed by atoms with van der Waals surface area (Å²) in [6.45, 7) is 7.59. The smallest absolute Gasteiger partial charge is 0.223 e. The lowest BCUT2D eigenvalue weighted by atomic mass is 9.65. The number of carbonyl (C=O) groups excluding carboxylic acids is 1. The van der Waals surface area contributed by atoms with E-state index < -0.39 is 0 Å². The van der Waals surface area contributed by atoms with Crippen molar-refractivity contribution in [3.8, 4) is 0 Å². The second kappa shape index (κ2) is 11.9. The molecule has 3 unspecified atom stereocenters. The zero-order valence-electron chi connectivity index (χ0n) is 16.1. The molecule has 0 radical (unpaired) electrons. The molecule has 2 bridgehead atoms. The molecular formula is C18H37Cl3N4O. The molecule has 0 aromatic carbocycles. The van der Waals surface area contributed by atoms with Crippen molar-refractivity contribution in [3.05, 3.63) is 0 Å². The molecule has 26 heavy (non-hydrogen) atoms. The first kappa shape index (κ1) is 26.2. The molecule has 0 spiro atoms. The molecule has 0 aromatic rings. The third-order valence-electron chi connectivity index (χ3n) is 6.30. The molecule has 5 nitrogen and oxygen atoms in total. The summed E-state index contributed by atoms with van der Waals surface area (Å²) in [4.78, 5) is 17.5. The van der Waals surface area contributed by atoms with Crippen LogP contribution in [0.25, 0.3) is 0 Å². The first-order valence-corrected chi connectivity index (χ1v) is 9.49. The van der Waals surface area contributed by atoms with Crippen molar-refractivity contribution in [2.45, 2.75) is 51.1 Å². The van der Waals surface area contributed by atoms with Crippen LogP contribution in [0, 0.1) is 17.8 Å². The van der Waals surface area contributed by atoms with E-state index in [0.29, 0.717) is 17.9 Å². The van der Waals surface area contributed by atoms with Gasteiger partial charge in [-0.15, -0.1) is 37.2 Å². The van der Waals surface area contributed by atoms with Crippen LogP contribution in [0.2, 0.25) is 0 Å². The Labute approximate surface area is 177 Å². The zero-order chi connectivity index (χ0) is 16.4. The predicted octanol–water partition coefficient (Wildman–Crippen LogP) is 2.16. The van der Waals surface area contributed by atoms with Gasteiger partial charge in [-0.1, -0.05) is 6.42 Å². The number of likely N-dealkylation sites (N-methyl/N-ethyl adjacent to an activating group) is 1. The summed E-state index contributed by atoms with van der Waals surface area (Å²) < 4.78 is 0. The minimum atomic E-state index is 0. The highest BCUT2D eigenvalue weighted by atomic mass is 35.5. The Bertz CT molecular complexity index is 407. The highest BCUT2D eigenvalue weighted by Crippen LogP contribution is 2.41. The van der Waals surface area contributed by atoms with E-state index in [0.717, 1.165) is 45.6 Å². The van der Waals surface area contributed by atoms with Crippen molar-refractivity contribution in [1.82, 2.24) is 15.1 Å². The maximum atomic E-state index is 12.7. The average molecular weight is 432 g/mol. The van der Waals surface area contributed by atoms with Crippen molar-refractivity contribution in [3.63, 3.8) is 0 Å². The Morgan fingerprint density at radius 1 is 1.08 bits per heavy atom. The van der Waals surface area contributed by atoms with Gasteiger partial charge in [-0.2, -0.15) is 0 Å². The molecule has 156 valence electrons. The average Bonchev–Trinajstić information content (AvgIpc) is 2.49. The van der Waals surface area contributed by atoms with E-state index in [1.807, 2.05) is 0 Å². The molecule has 3 N–H and O–H groups in total. The summed E-state index contributed by atoms with van der Waals surface area (Å²) in [5, 5.41) is 3.28. The van der Waals surface area contributed by atoms with Crippen molar-refractivity contribution in [1.29, 1.82) is 0 Å². The third kappa shape index (κ3) is 6.68. The number of nitrogens with one attached hydrogen (secondary N) is 1. The first-order valence-electron chi connectivity index (χ1n) is 9.49. The van der Waals surface area contributed by atoms with E-state index in [9.17, 15) is 4.79 Å². The molecule has 2 saturated carbocycles. The lowest BCUT2D eigenvalue weighted by molar-refractivity contribution is -0.128. The molecule has 3 aliphatic rings. The molecule has 3 rings (SSSR count). The standard InChI is InChI=1S/C18H34N4O.3ClH/c1-13(12-22-8-6-21(2)7-9-22)20-18(23)16-10-14-4-3-5-15(11-16)17(14)19;;;/h13-17H,3-12,19H2,1-2H3,(H,20,23);3*1H.